The zero-order chi connectivity index (χ0) is 31.4. The minimum absolute atomic E-state index is 0.0251. The van der Waals surface area contributed by atoms with Gasteiger partial charge in [-0.25, -0.2) is 8.42 Å². The Bertz CT molecular complexity index is 1480. The van der Waals surface area contributed by atoms with Gasteiger partial charge in [0.2, 0.25) is 0 Å². The Morgan fingerprint density at radius 1 is 1.09 bits per heavy atom. The van der Waals surface area contributed by atoms with E-state index in [-0.39, 0.29) is 34.4 Å². The molecule has 43 heavy (non-hydrogen) atoms. The number of carbonyl (C=O) groups excluding carboxylic acids is 1. The van der Waals surface area contributed by atoms with Crippen LogP contribution in [0.3, 0.4) is 0 Å². The molecule has 0 radical (unpaired) electrons. The number of aliphatic hydroxyl groups is 1. The Kier molecular flexibility index (Phi) is 10.0. The molecule has 1 amide bonds. The van der Waals surface area contributed by atoms with Gasteiger partial charge in [-0.3, -0.25) is 9.78 Å². The van der Waals surface area contributed by atoms with Crippen LogP contribution in [0, 0.1) is 0 Å². The largest absolute Gasteiger partial charge is 0.416 e. The SMILES string of the molecule is CCS(=O)(=O)c1ccc([C@H](CO)NC(=O)c2ccc(N3CC(c4ccc(C(F)(F)F)cc4)C[C@H]3COC(F)F)cc2)nc1. The zero-order valence-electron chi connectivity index (χ0n) is 23.0. The van der Waals surface area contributed by atoms with Crippen LogP contribution in [0.4, 0.5) is 27.6 Å². The average molecular weight is 628 g/mol. The fourth-order valence-corrected chi connectivity index (χ4v) is 5.79. The van der Waals surface area contributed by atoms with E-state index in [0.29, 0.717) is 24.2 Å². The van der Waals surface area contributed by atoms with Crippen molar-refractivity contribution in [1.82, 2.24) is 10.3 Å². The lowest BCUT2D eigenvalue weighted by molar-refractivity contribution is -0.137. The van der Waals surface area contributed by atoms with Crippen LogP contribution in [-0.2, 0) is 20.8 Å². The highest BCUT2D eigenvalue weighted by Crippen LogP contribution is 2.37. The van der Waals surface area contributed by atoms with Gasteiger partial charge in [0.15, 0.2) is 9.84 Å². The van der Waals surface area contributed by atoms with E-state index in [0.717, 1.165) is 12.1 Å². The van der Waals surface area contributed by atoms with Crippen LogP contribution in [0.2, 0.25) is 0 Å². The maximum absolute atomic E-state index is 13.0. The predicted octanol–water partition coefficient (Wildman–Crippen LogP) is 4.96. The third-order valence-electron chi connectivity index (χ3n) is 7.34. The van der Waals surface area contributed by atoms with Gasteiger partial charge < -0.3 is 20.1 Å². The second kappa shape index (κ2) is 13.3. The molecule has 3 aromatic rings. The Morgan fingerprint density at radius 3 is 2.30 bits per heavy atom. The van der Waals surface area contributed by atoms with E-state index in [4.69, 9.17) is 0 Å². The molecular weight excluding hydrogens is 597 g/mol. The summed E-state index contributed by atoms with van der Waals surface area (Å²) in [5.41, 5.74) is 0.944. The van der Waals surface area contributed by atoms with Gasteiger partial charge in [0.05, 0.1) is 47.2 Å². The van der Waals surface area contributed by atoms with E-state index < -0.39 is 52.8 Å². The van der Waals surface area contributed by atoms with Gasteiger partial charge in [0.25, 0.3) is 5.91 Å². The summed E-state index contributed by atoms with van der Waals surface area (Å²) in [6, 6.07) is 12.4. The molecule has 1 aliphatic rings. The van der Waals surface area contributed by atoms with E-state index in [1.807, 2.05) is 4.90 Å². The number of alkyl halides is 5. The highest BCUT2D eigenvalue weighted by molar-refractivity contribution is 7.91. The van der Waals surface area contributed by atoms with Gasteiger partial charge in [0, 0.05) is 29.9 Å². The number of aliphatic hydroxyl groups excluding tert-OH is 1. The van der Waals surface area contributed by atoms with Gasteiger partial charge in [0.1, 0.15) is 0 Å². The second-order valence-electron chi connectivity index (χ2n) is 10.0. The number of halogens is 5. The molecule has 0 saturated carbocycles. The third-order valence-corrected chi connectivity index (χ3v) is 9.06. The molecular formula is C29H30F5N3O5S. The number of aromatic nitrogens is 1. The Balaban J connectivity index is 1.47. The molecule has 232 valence electrons. The van der Waals surface area contributed by atoms with Gasteiger partial charge in [-0.15, -0.1) is 0 Å². The van der Waals surface area contributed by atoms with E-state index in [2.05, 4.69) is 15.0 Å². The summed E-state index contributed by atoms with van der Waals surface area (Å²) in [5, 5.41) is 12.5. The van der Waals surface area contributed by atoms with E-state index >= 15 is 0 Å². The quantitative estimate of drug-likeness (QED) is 0.290. The Labute approximate surface area is 245 Å². The number of hydrogen-bond acceptors (Lipinski definition) is 7. The van der Waals surface area contributed by atoms with Gasteiger partial charge >= 0.3 is 12.8 Å². The average Bonchev–Trinajstić information content (AvgIpc) is 3.43. The summed E-state index contributed by atoms with van der Waals surface area (Å²) in [7, 11) is -3.47. The fraction of sp³-hybridized carbons (Fsp3) is 0.379. The maximum atomic E-state index is 13.0. The van der Waals surface area contributed by atoms with Crippen LogP contribution in [0.1, 0.15) is 52.5 Å². The first-order chi connectivity index (χ1) is 20.3. The summed E-state index contributed by atoms with van der Waals surface area (Å²) >= 11 is 0. The van der Waals surface area contributed by atoms with Crippen molar-refractivity contribution in [1.29, 1.82) is 0 Å². The van der Waals surface area contributed by atoms with Crippen molar-refractivity contribution in [2.75, 3.05) is 30.4 Å². The monoisotopic (exact) mass is 627 g/mol. The second-order valence-corrected chi connectivity index (χ2v) is 12.3. The van der Waals surface area contributed by atoms with Crippen molar-refractivity contribution in [3.63, 3.8) is 0 Å². The molecule has 1 fully saturated rings. The lowest BCUT2D eigenvalue weighted by atomic mass is 9.95. The highest BCUT2D eigenvalue weighted by atomic mass is 32.2. The number of pyridine rings is 1. The number of anilines is 1. The first-order valence-electron chi connectivity index (χ1n) is 13.4. The van der Waals surface area contributed by atoms with Crippen molar-refractivity contribution in [2.24, 2.45) is 0 Å². The molecule has 1 aromatic heterocycles. The minimum atomic E-state index is -4.47. The van der Waals surface area contributed by atoms with E-state index in [1.165, 1.54) is 49.5 Å². The van der Waals surface area contributed by atoms with E-state index in [1.54, 1.807) is 12.1 Å². The van der Waals surface area contributed by atoms with Crippen molar-refractivity contribution >= 4 is 21.4 Å². The molecule has 0 aliphatic carbocycles. The normalized spacial score (nSPS) is 18.2. The number of rotatable bonds is 11. The summed E-state index contributed by atoms with van der Waals surface area (Å²) in [5.74, 6) is -0.885. The molecule has 0 spiro atoms. The number of nitrogens with one attached hydrogen (secondary N) is 1. The highest BCUT2D eigenvalue weighted by Gasteiger charge is 2.35. The fourth-order valence-electron chi connectivity index (χ4n) is 4.97. The first-order valence-corrected chi connectivity index (χ1v) is 15.0. The van der Waals surface area contributed by atoms with Crippen LogP contribution in [0.25, 0.3) is 0 Å². The van der Waals surface area contributed by atoms with Crippen molar-refractivity contribution in [3.8, 4) is 0 Å². The third kappa shape index (κ3) is 7.86. The number of benzene rings is 2. The standard InChI is InChI=1S/C29H30F5N3O5S/c1-2-43(40,41)24-11-12-25(35-14-24)26(16-38)36-27(39)19-5-9-22(10-6-19)37-15-20(13-23(37)17-42-28(30)31)18-3-7-21(8-4-18)29(32,33)34/h3-12,14,20,23,26,28,38H,2,13,15-17H2,1H3,(H,36,39)/t20?,23-,26-/m0/s1. The number of carbonyl (C=O) groups is 1. The zero-order valence-corrected chi connectivity index (χ0v) is 23.8. The molecule has 1 saturated heterocycles. The van der Waals surface area contributed by atoms with Gasteiger partial charge in [-0.2, -0.15) is 22.0 Å². The Hall–Kier alpha value is -3.62. The number of ether oxygens (including phenoxy) is 1. The number of amides is 1. The van der Waals surface area contributed by atoms with Crippen LogP contribution < -0.4 is 10.2 Å². The molecule has 8 nitrogen and oxygen atoms in total. The molecule has 1 aliphatic heterocycles. The molecule has 1 unspecified atom stereocenters. The minimum Gasteiger partial charge on any atom is -0.394 e. The van der Waals surface area contributed by atoms with Crippen molar-refractivity contribution in [3.05, 3.63) is 89.2 Å². The van der Waals surface area contributed by atoms with Gasteiger partial charge in [-0.05, 0) is 60.5 Å². The van der Waals surface area contributed by atoms with Crippen LogP contribution in [-0.4, -0.2) is 62.6 Å². The summed E-state index contributed by atoms with van der Waals surface area (Å²) in [4.78, 5) is 18.9. The molecule has 4 rings (SSSR count). The smallest absolute Gasteiger partial charge is 0.394 e. The Morgan fingerprint density at radius 2 is 1.77 bits per heavy atom. The van der Waals surface area contributed by atoms with Crippen LogP contribution >= 0.6 is 0 Å². The lowest BCUT2D eigenvalue weighted by Crippen LogP contribution is -2.34. The number of sulfone groups is 1. The molecule has 2 aromatic carbocycles. The topological polar surface area (TPSA) is 109 Å². The predicted molar refractivity (Wildman–Crippen MR) is 148 cm³/mol. The number of nitrogens with zero attached hydrogens (tertiary/aromatic N) is 2. The van der Waals surface area contributed by atoms with Crippen molar-refractivity contribution in [2.45, 2.75) is 49.0 Å². The molecule has 14 heteroatoms. The summed E-state index contributed by atoms with van der Waals surface area (Å²) in [6.45, 7) is -1.96. The maximum Gasteiger partial charge on any atom is 0.416 e. The number of hydrogen-bond donors (Lipinski definition) is 2. The molecule has 2 heterocycles. The van der Waals surface area contributed by atoms with Crippen LogP contribution in [0.5, 0.6) is 0 Å². The molecule has 3 atom stereocenters. The first kappa shape index (κ1) is 32.3. The summed E-state index contributed by atoms with van der Waals surface area (Å²) in [6.07, 6.45) is -2.94. The summed E-state index contributed by atoms with van der Waals surface area (Å²) < 4.78 is 93.3. The molecule has 2 N–H and O–H groups in total. The van der Waals surface area contributed by atoms with Gasteiger partial charge in [-0.1, -0.05) is 19.1 Å². The van der Waals surface area contributed by atoms with Crippen LogP contribution in [0.15, 0.2) is 71.8 Å². The lowest BCUT2D eigenvalue weighted by Gasteiger charge is -2.27. The van der Waals surface area contributed by atoms with Crippen molar-refractivity contribution < 1.29 is 45.0 Å². The molecule has 0 bridgehead atoms. The van der Waals surface area contributed by atoms with E-state index in [9.17, 15) is 40.3 Å².